The van der Waals surface area contributed by atoms with E-state index in [1.54, 1.807) is 25.2 Å². The molecule has 0 unspecified atom stereocenters. The van der Waals surface area contributed by atoms with Crippen LogP contribution >= 0.6 is 0 Å². The van der Waals surface area contributed by atoms with Gasteiger partial charge in [-0.1, -0.05) is 0 Å². The summed E-state index contributed by atoms with van der Waals surface area (Å²) in [5.74, 6) is -0.383. The zero-order valence-electron chi connectivity index (χ0n) is 9.90. The molecule has 0 bridgehead atoms. The highest BCUT2D eigenvalue weighted by Gasteiger charge is 2.24. The summed E-state index contributed by atoms with van der Waals surface area (Å²) in [5, 5.41) is 5.86. The Labute approximate surface area is 103 Å². The van der Waals surface area contributed by atoms with Gasteiger partial charge in [0.15, 0.2) is 5.58 Å². The predicted octanol–water partition coefficient (Wildman–Crippen LogP) is 0.289. The Morgan fingerprint density at radius 3 is 2.94 bits per heavy atom. The molecule has 2 heterocycles. The van der Waals surface area contributed by atoms with Crippen LogP contribution in [0.2, 0.25) is 0 Å². The van der Waals surface area contributed by atoms with E-state index in [0.717, 1.165) is 0 Å². The fourth-order valence-electron chi connectivity index (χ4n) is 1.93. The van der Waals surface area contributed by atoms with Crippen molar-refractivity contribution in [1.82, 2.24) is 9.88 Å². The van der Waals surface area contributed by atoms with E-state index < -0.39 is 5.76 Å². The van der Waals surface area contributed by atoms with Crippen molar-refractivity contribution in [3.05, 3.63) is 28.7 Å². The number of aromatic nitrogens is 1. The van der Waals surface area contributed by atoms with Crippen molar-refractivity contribution in [3.8, 4) is 0 Å². The molecule has 1 amide bonds. The van der Waals surface area contributed by atoms with Crippen molar-refractivity contribution in [2.24, 2.45) is 13.0 Å². The summed E-state index contributed by atoms with van der Waals surface area (Å²) in [6.07, 6.45) is 0. The molecule has 3 rings (SSSR count). The maximum absolute atomic E-state index is 11.8. The quantitative estimate of drug-likeness (QED) is 0.799. The van der Waals surface area contributed by atoms with E-state index in [1.807, 2.05) is 0 Å². The highest BCUT2D eigenvalue weighted by Crippen LogP contribution is 2.18. The molecule has 6 heteroatoms. The Balaban J connectivity index is 1.88. The third kappa shape index (κ3) is 1.70. The van der Waals surface area contributed by atoms with Crippen LogP contribution in [0.1, 0.15) is 0 Å². The Hall–Kier alpha value is -2.08. The van der Waals surface area contributed by atoms with Crippen LogP contribution in [0, 0.1) is 5.92 Å². The van der Waals surface area contributed by atoms with Crippen molar-refractivity contribution in [1.29, 1.82) is 0 Å². The van der Waals surface area contributed by atoms with E-state index in [9.17, 15) is 9.59 Å². The summed E-state index contributed by atoms with van der Waals surface area (Å²) in [6, 6.07) is 5.19. The van der Waals surface area contributed by atoms with Gasteiger partial charge in [-0.3, -0.25) is 9.36 Å². The molecule has 0 aliphatic carbocycles. The molecule has 2 aromatic rings. The molecule has 1 aliphatic heterocycles. The third-order valence-corrected chi connectivity index (χ3v) is 3.21. The molecule has 18 heavy (non-hydrogen) atoms. The van der Waals surface area contributed by atoms with E-state index in [1.165, 1.54) is 4.57 Å². The highest BCUT2D eigenvalue weighted by molar-refractivity contribution is 5.95. The maximum Gasteiger partial charge on any atom is 0.419 e. The minimum Gasteiger partial charge on any atom is -0.408 e. The number of rotatable bonds is 2. The van der Waals surface area contributed by atoms with Crippen molar-refractivity contribution in [2.45, 2.75) is 0 Å². The zero-order chi connectivity index (χ0) is 12.7. The van der Waals surface area contributed by atoms with Crippen molar-refractivity contribution >= 4 is 22.7 Å². The number of nitrogens with one attached hydrogen (secondary N) is 2. The normalized spacial score (nSPS) is 15.6. The molecule has 0 saturated carbocycles. The van der Waals surface area contributed by atoms with Crippen LogP contribution in [0.4, 0.5) is 5.69 Å². The van der Waals surface area contributed by atoms with Gasteiger partial charge in [0.2, 0.25) is 5.91 Å². The first kappa shape index (κ1) is 11.0. The standard InChI is InChI=1S/C12H13N3O3/c1-15-9-3-2-8(4-10(9)18-12(15)17)14-11(16)7-5-13-6-7/h2-4,7,13H,5-6H2,1H3,(H,14,16). The largest absolute Gasteiger partial charge is 0.419 e. The van der Waals surface area contributed by atoms with Gasteiger partial charge in [-0.15, -0.1) is 0 Å². The van der Waals surface area contributed by atoms with Crippen molar-refractivity contribution in [3.63, 3.8) is 0 Å². The molecular weight excluding hydrogens is 234 g/mol. The van der Waals surface area contributed by atoms with E-state index in [0.29, 0.717) is 29.9 Å². The number of carbonyl (C=O) groups excluding carboxylic acids is 1. The molecule has 0 spiro atoms. The molecule has 2 N–H and O–H groups in total. The number of aryl methyl sites for hydroxylation is 1. The topological polar surface area (TPSA) is 76.3 Å². The molecule has 0 atom stereocenters. The van der Waals surface area contributed by atoms with Crippen LogP contribution in [0.25, 0.3) is 11.1 Å². The maximum atomic E-state index is 11.8. The van der Waals surface area contributed by atoms with Gasteiger partial charge in [0.05, 0.1) is 11.4 Å². The van der Waals surface area contributed by atoms with Crippen LogP contribution in [-0.2, 0) is 11.8 Å². The lowest BCUT2D eigenvalue weighted by Gasteiger charge is -2.25. The fraction of sp³-hybridized carbons (Fsp3) is 0.333. The van der Waals surface area contributed by atoms with Gasteiger partial charge < -0.3 is 15.1 Å². The number of fused-ring (bicyclic) bond motifs is 1. The average Bonchev–Trinajstić information content (AvgIpc) is 2.52. The fourth-order valence-corrected chi connectivity index (χ4v) is 1.93. The Morgan fingerprint density at radius 1 is 1.50 bits per heavy atom. The summed E-state index contributed by atoms with van der Waals surface area (Å²) in [4.78, 5) is 23.1. The lowest BCUT2D eigenvalue weighted by atomic mass is 10.0. The molecule has 1 aliphatic rings. The summed E-state index contributed by atoms with van der Waals surface area (Å²) in [6.45, 7) is 1.43. The summed E-state index contributed by atoms with van der Waals surface area (Å²) in [7, 11) is 1.65. The number of hydrogen-bond donors (Lipinski definition) is 2. The van der Waals surface area contributed by atoms with Gasteiger partial charge in [0.25, 0.3) is 0 Å². The number of nitrogens with zero attached hydrogens (tertiary/aromatic N) is 1. The summed E-state index contributed by atoms with van der Waals surface area (Å²) < 4.78 is 6.49. The first-order chi connectivity index (χ1) is 8.65. The van der Waals surface area contributed by atoms with Gasteiger partial charge in [-0.2, -0.15) is 0 Å². The first-order valence-corrected chi connectivity index (χ1v) is 5.76. The number of carbonyl (C=O) groups is 1. The second kappa shape index (κ2) is 3.99. The van der Waals surface area contributed by atoms with Gasteiger partial charge in [0.1, 0.15) is 0 Å². The molecule has 94 valence electrons. The third-order valence-electron chi connectivity index (χ3n) is 3.21. The molecule has 6 nitrogen and oxygen atoms in total. The summed E-state index contributed by atoms with van der Waals surface area (Å²) >= 11 is 0. The molecule has 1 saturated heterocycles. The lowest BCUT2D eigenvalue weighted by molar-refractivity contribution is -0.121. The van der Waals surface area contributed by atoms with Crippen LogP contribution < -0.4 is 16.4 Å². The number of oxazole rings is 1. The van der Waals surface area contributed by atoms with Gasteiger partial charge in [-0.05, 0) is 12.1 Å². The minimum atomic E-state index is -0.406. The monoisotopic (exact) mass is 247 g/mol. The predicted molar refractivity (Wildman–Crippen MR) is 66.4 cm³/mol. The Bertz CT molecular complexity index is 667. The molecular formula is C12H13N3O3. The van der Waals surface area contributed by atoms with Gasteiger partial charge in [0, 0.05) is 31.9 Å². The number of hydrogen-bond acceptors (Lipinski definition) is 4. The first-order valence-electron chi connectivity index (χ1n) is 5.76. The van der Waals surface area contributed by atoms with E-state index in [-0.39, 0.29) is 11.8 Å². The second-order valence-electron chi connectivity index (χ2n) is 4.45. The SMILES string of the molecule is Cn1c(=O)oc2cc(NC(=O)C3CNC3)ccc21. The van der Waals surface area contributed by atoms with Gasteiger partial charge >= 0.3 is 5.76 Å². The minimum absolute atomic E-state index is 0.00798. The summed E-state index contributed by atoms with van der Waals surface area (Å²) in [5.41, 5.74) is 1.84. The second-order valence-corrected chi connectivity index (χ2v) is 4.45. The Morgan fingerprint density at radius 2 is 2.28 bits per heavy atom. The van der Waals surface area contributed by atoms with Gasteiger partial charge in [-0.25, -0.2) is 4.79 Å². The van der Waals surface area contributed by atoms with Crippen LogP contribution in [0.15, 0.2) is 27.4 Å². The molecule has 1 aromatic carbocycles. The smallest absolute Gasteiger partial charge is 0.408 e. The zero-order valence-corrected chi connectivity index (χ0v) is 9.90. The van der Waals surface area contributed by atoms with Crippen LogP contribution in [-0.4, -0.2) is 23.6 Å². The lowest BCUT2D eigenvalue weighted by Crippen LogP contribution is -2.48. The number of benzene rings is 1. The van der Waals surface area contributed by atoms with Crippen molar-refractivity contribution in [2.75, 3.05) is 18.4 Å². The average molecular weight is 247 g/mol. The van der Waals surface area contributed by atoms with Crippen LogP contribution in [0.3, 0.4) is 0 Å². The van der Waals surface area contributed by atoms with Crippen molar-refractivity contribution < 1.29 is 9.21 Å². The number of anilines is 1. The number of amides is 1. The molecule has 0 radical (unpaired) electrons. The van der Waals surface area contributed by atoms with E-state index >= 15 is 0 Å². The highest BCUT2D eigenvalue weighted by atomic mass is 16.4. The molecule has 1 aromatic heterocycles. The van der Waals surface area contributed by atoms with E-state index in [4.69, 9.17) is 4.42 Å². The Kier molecular flexibility index (Phi) is 2.45. The molecule has 1 fully saturated rings. The van der Waals surface area contributed by atoms with E-state index in [2.05, 4.69) is 10.6 Å². The van der Waals surface area contributed by atoms with Crippen LogP contribution in [0.5, 0.6) is 0 Å².